The predicted molar refractivity (Wildman–Crippen MR) is 93.0 cm³/mol. The van der Waals surface area contributed by atoms with E-state index in [0.717, 1.165) is 5.56 Å². The molecule has 134 valence electrons. The number of carbonyl (C=O) groups excluding carboxylic acids is 1. The lowest BCUT2D eigenvalue weighted by Crippen LogP contribution is -2.26. The van der Waals surface area contributed by atoms with Crippen molar-refractivity contribution in [2.45, 2.75) is 11.3 Å². The van der Waals surface area contributed by atoms with E-state index >= 15 is 0 Å². The molecule has 0 saturated carbocycles. The normalized spacial score (nSPS) is 11.3. The van der Waals surface area contributed by atoms with E-state index < -0.39 is 10.0 Å². The Balaban J connectivity index is 1.54. The summed E-state index contributed by atoms with van der Waals surface area (Å²) in [5, 5.41) is 15.7. The molecule has 0 saturated heterocycles. The summed E-state index contributed by atoms with van der Waals surface area (Å²) < 4.78 is 24.1. The van der Waals surface area contributed by atoms with Gasteiger partial charge >= 0.3 is 0 Å². The van der Waals surface area contributed by atoms with Gasteiger partial charge in [0.15, 0.2) is 11.5 Å². The first-order chi connectivity index (χ1) is 12.4. The van der Waals surface area contributed by atoms with Crippen LogP contribution in [0.5, 0.6) is 0 Å². The number of rotatable bonds is 6. The molecule has 0 spiro atoms. The Bertz CT molecular complexity index is 983. The molecule has 1 aromatic carbocycles. The molecule has 2 aromatic heterocycles. The summed E-state index contributed by atoms with van der Waals surface area (Å²) in [7, 11) is -3.70. The molecule has 0 unspecified atom stereocenters. The topological polar surface area (TPSA) is 133 Å². The molecule has 0 aliphatic carbocycles. The van der Waals surface area contributed by atoms with Crippen LogP contribution in [0.1, 0.15) is 16.1 Å². The average molecular weight is 372 g/mol. The summed E-state index contributed by atoms with van der Waals surface area (Å²) in [6, 6.07) is 9.45. The van der Waals surface area contributed by atoms with Gasteiger partial charge in [-0.3, -0.25) is 9.36 Å². The Kier molecular flexibility index (Phi) is 5.05. The van der Waals surface area contributed by atoms with Crippen molar-refractivity contribution in [1.82, 2.24) is 25.1 Å². The largest absolute Gasteiger partial charge is 0.350 e. The van der Waals surface area contributed by atoms with Gasteiger partial charge in [0.05, 0.1) is 4.90 Å². The number of nitrogens with one attached hydrogen (secondary N) is 1. The van der Waals surface area contributed by atoms with Crippen molar-refractivity contribution in [2.75, 3.05) is 6.54 Å². The molecule has 2 heterocycles. The lowest BCUT2D eigenvalue weighted by Gasteiger charge is -2.06. The van der Waals surface area contributed by atoms with Crippen molar-refractivity contribution < 1.29 is 13.2 Å². The Morgan fingerprint density at radius 3 is 2.46 bits per heavy atom. The number of benzene rings is 1. The van der Waals surface area contributed by atoms with E-state index in [-0.39, 0.29) is 16.5 Å². The second-order valence-corrected chi connectivity index (χ2v) is 7.00. The monoisotopic (exact) mass is 372 g/mol. The second-order valence-electron chi connectivity index (χ2n) is 5.44. The number of hydrogen-bond acceptors (Lipinski definition) is 6. The van der Waals surface area contributed by atoms with Crippen LogP contribution in [0, 0.1) is 0 Å². The van der Waals surface area contributed by atoms with Crippen LogP contribution >= 0.6 is 0 Å². The molecule has 0 radical (unpaired) electrons. The van der Waals surface area contributed by atoms with E-state index in [4.69, 9.17) is 5.14 Å². The second kappa shape index (κ2) is 7.42. The zero-order valence-electron chi connectivity index (χ0n) is 13.6. The van der Waals surface area contributed by atoms with Crippen molar-refractivity contribution >= 4 is 15.9 Å². The van der Waals surface area contributed by atoms with Crippen molar-refractivity contribution in [3.05, 3.63) is 66.4 Å². The highest BCUT2D eigenvalue weighted by Gasteiger charge is 2.09. The molecule has 26 heavy (non-hydrogen) atoms. The summed E-state index contributed by atoms with van der Waals surface area (Å²) in [5.74, 6) is 0.227. The molecule has 0 fully saturated rings. The van der Waals surface area contributed by atoms with Gasteiger partial charge < -0.3 is 5.32 Å². The number of aromatic nitrogens is 4. The standard InChI is InChI=1S/C16H16N6O3S/c17-26(24,25)13-3-1-12(2-4-13)7-8-19-16(23)14-5-6-15(21-20-14)22-10-9-18-11-22/h1-6,9-11H,7-8H2,(H,19,23)(H2,17,24,25). The fraction of sp³-hybridized carbons (Fsp3) is 0.125. The molecule has 3 rings (SSSR count). The van der Waals surface area contributed by atoms with Gasteiger partial charge in [-0.2, -0.15) is 0 Å². The quantitative estimate of drug-likeness (QED) is 0.639. The zero-order valence-corrected chi connectivity index (χ0v) is 14.4. The molecular formula is C16H16N6O3S. The van der Waals surface area contributed by atoms with Crippen molar-refractivity contribution in [3.8, 4) is 5.82 Å². The van der Waals surface area contributed by atoms with E-state index in [0.29, 0.717) is 18.8 Å². The van der Waals surface area contributed by atoms with Crippen LogP contribution in [0.15, 0.2) is 60.0 Å². The number of primary sulfonamides is 1. The molecular weight excluding hydrogens is 356 g/mol. The first-order valence-electron chi connectivity index (χ1n) is 7.65. The fourth-order valence-electron chi connectivity index (χ4n) is 2.24. The highest BCUT2D eigenvalue weighted by atomic mass is 32.2. The summed E-state index contributed by atoms with van der Waals surface area (Å²) in [6.45, 7) is 0.374. The zero-order chi connectivity index (χ0) is 18.6. The Labute approximate surface area is 149 Å². The van der Waals surface area contributed by atoms with Gasteiger partial charge in [-0.1, -0.05) is 12.1 Å². The van der Waals surface area contributed by atoms with Crippen molar-refractivity contribution in [3.63, 3.8) is 0 Å². The van der Waals surface area contributed by atoms with E-state index in [2.05, 4.69) is 20.5 Å². The van der Waals surface area contributed by atoms with Crippen LogP contribution in [-0.4, -0.2) is 40.6 Å². The summed E-state index contributed by atoms with van der Waals surface area (Å²) in [4.78, 5) is 16.1. The highest BCUT2D eigenvalue weighted by molar-refractivity contribution is 7.89. The highest BCUT2D eigenvalue weighted by Crippen LogP contribution is 2.09. The molecule has 3 N–H and O–H groups in total. The molecule has 0 atom stereocenters. The minimum Gasteiger partial charge on any atom is -0.350 e. The van der Waals surface area contributed by atoms with Gasteiger partial charge in [0.2, 0.25) is 10.0 Å². The molecule has 3 aromatic rings. The maximum Gasteiger partial charge on any atom is 0.271 e. The third-order valence-electron chi connectivity index (χ3n) is 3.60. The number of nitrogens with zero attached hydrogens (tertiary/aromatic N) is 4. The number of amides is 1. The van der Waals surface area contributed by atoms with Gasteiger partial charge in [0.25, 0.3) is 5.91 Å². The number of hydrogen-bond donors (Lipinski definition) is 2. The fourth-order valence-corrected chi connectivity index (χ4v) is 2.75. The molecule has 0 aliphatic heterocycles. The number of imidazole rings is 1. The van der Waals surface area contributed by atoms with Gasteiger partial charge in [-0.25, -0.2) is 18.5 Å². The molecule has 1 amide bonds. The van der Waals surface area contributed by atoms with E-state index in [9.17, 15) is 13.2 Å². The van der Waals surface area contributed by atoms with Crippen LogP contribution in [0.3, 0.4) is 0 Å². The Morgan fingerprint density at radius 2 is 1.88 bits per heavy atom. The average Bonchev–Trinajstić information content (AvgIpc) is 3.16. The molecule has 0 aliphatic rings. The maximum atomic E-state index is 12.1. The number of carbonyl (C=O) groups is 1. The Hall–Kier alpha value is -3.11. The SMILES string of the molecule is NS(=O)(=O)c1ccc(CCNC(=O)c2ccc(-n3ccnc3)nn2)cc1. The van der Waals surface area contributed by atoms with Gasteiger partial charge in [0.1, 0.15) is 6.33 Å². The molecule has 9 nitrogen and oxygen atoms in total. The van der Waals surface area contributed by atoms with Crippen LogP contribution < -0.4 is 10.5 Å². The summed E-state index contributed by atoms with van der Waals surface area (Å²) in [6.07, 6.45) is 5.48. The predicted octanol–water partition coefficient (Wildman–Crippen LogP) is 0.282. The van der Waals surface area contributed by atoms with E-state index in [1.54, 1.807) is 47.6 Å². The molecule has 0 bridgehead atoms. The minimum atomic E-state index is -3.70. The van der Waals surface area contributed by atoms with Crippen molar-refractivity contribution in [2.24, 2.45) is 5.14 Å². The summed E-state index contributed by atoms with van der Waals surface area (Å²) >= 11 is 0. The maximum absolute atomic E-state index is 12.1. The van der Waals surface area contributed by atoms with Gasteiger partial charge in [0, 0.05) is 18.9 Å². The number of nitrogens with two attached hydrogens (primary N) is 1. The first kappa shape index (κ1) is 17.7. The third-order valence-corrected chi connectivity index (χ3v) is 4.53. The van der Waals surface area contributed by atoms with E-state index in [1.165, 1.54) is 12.1 Å². The first-order valence-corrected chi connectivity index (χ1v) is 9.20. The van der Waals surface area contributed by atoms with E-state index in [1.807, 2.05) is 0 Å². The smallest absolute Gasteiger partial charge is 0.271 e. The van der Waals surface area contributed by atoms with Gasteiger partial charge in [-0.05, 0) is 36.2 Å². The van der Waals surface area contributed by atoms with Crippen molar-refractivity contribution in [1.29, 1.82) is 0 Å². The van der Waals surface area contributed by atoms with Crippen LogP contribution in [0.25, 0.3) is 5.82 Å². The lowest BCUT2D eigenvalue weighted by molar-refractivity contribution is 0.0948. The minimum absolute atomic E-state index is 0.0542. The molecule has 10 heteroatoms. The lowest BCUT2D eigenvalue weighted by atomic mass is 10.1. The van der Waals surface area contributed by atoms with Crippen LogP contribution in [-0.2, 0) is 16.4 Å². The Morgan fingerprint density at radius 1 is 1.12 bits per heavy atom. The summed E-state index contributed by atoms with van der Waals surface area (Å²) in [5.41, 5.74) is 1.08. The third kappa shape index (κ3) is 4.29. The van der Waals surface area contributed by atoms with Crippen LogP contribution in [0.2, 0.25) is 0 Å². The van der Waals surface area contributed by atoms with Gasteiger partial charge in [-0.15, -0.1) is 10.2 Å². The number of sulfonamides is 1. The van der Waals surface area contributed by atoms with Crippen LogP contribution in [0.4, 0.5) is 0 Å².